The molecule has 0 radical (unpaired) electrons. The van der Waals surface area contributed by atoms with E-state index in [9.17, 15) is 5.11 Å². The van der Waals surface area contributed by atoms with Gasteiger partial charge in [-0.15, -0.1) is 0 Å². The van der Waals surface area contributed by atoms with Crippen LogP contribution in [0.15, 0.2) is 24.3 Å². The summed E-state index contributed by atoms with van der Waals surface area (Å²) in [6, 6.07) is 8.29. The quantitative estimate of drug-likeness (QED) is 0.859. The van der Waals surface area contributed by atoms with Gasteiger partial charge in [0.2, 0.25) is 0 Å². The zero-order chi connectivity index (χ0) is 15.4. The summed E-state index contributed by atoms with van der Waals surface area (Å²) in [4.78, 5) is 0. The van der Waals surface area contributed by atoms with E-state index in [0.29, 0.717) is 0 Å². The Morgan fingerprint density at radius 2 is 2.00 bits per heavy atom. The summed E-state index contributed by atoms with van der Waals surface area (Å²) < 4.78 is 2.05. The van der Waals surface area contributed by atoms with Crippen LogP contribution < -0.4 is 5.32 Å². The number of nitrogens with one attached hydrogen (secondary N) is 1. The first-order valence-electron chi connectivity index (χ1n) is 7.52. The van der Waals surface area contributed by atoms with Crippen LogP contribution in [0.4, 0.5) is 0 Å². The minimum Gasteiger partial charge on any atom is -0.392 e. The second-order valence-corrected chi connectivity index (χ2v) is 5.48. The van der Waals surface area contributed by atoms with Gasteiger partial charge >= 0.3 is 0 Å². The van der Waals surface area contributed by atoms with Crippen LogP contribution in [-0.2, 0) is 19.7 Å². The smallest absolute Gasteiger partial charge is 0.0681 e. The van der Waals surface area contributed by atoms with Gasteiger partial charge in [0.1, 0.15) is 0 Å². The van der Waals surface area contributed by atoms with Gasteiger partial charge in [0.05, 0.1) is 12.3 Å². The molecule has 4 heteroatoms. The van der Waals surface area contributed by atoms with Crippen molar-refractivity contribution in [1.82, 2.24) is 15.1 Å². The highest BCUT2D eigenvalue weighted by molar-refractivity contribution is 5.28. The zero-order valence-corrected chi connectivity index (χ0v) is 13.3. The molecule has 0 spiro atoms. The van der Waals surface area contributed by atoms with Crippen LogP contribution >= 0.6 is 0 Å². The van der Waals surface area contributed by atoms with Crippen molar-refractivity contribution < 1.29 is 5.11 Å². The van der Waals surface area contributed by atoms with Gasteiger partial charge in [-0.1, -0.05) is 24.3 Å². The molecule has 0 aliphatic rings. The molecule has 0 amide bonds. The summed E-state index contributed by atoms with van der Waals surface area (Å²) in [5.74, 6) is 0. The molecule has 1 unspecified atom stereocenters. The number of hydrogen-bond acceptors (Lipinski definition) is 3. The third-order valence-electron chi connectivity index (χ3n) is 3.96. The predicted molar refractivity (Wildman–Crippen MR) is 85.0 cm³/mol. The fraction of sp³-hybridized carbons (Fsp3) is 0.471. The number of benzene rings is 1. The molecule has 0 bridgehead atoms. The van der Waals surface area contributed by atoms with E-state index < -0.39 is 0 Å². The topological polar surface area (TPSA) is 50.1 Å². The Kier molecular flexibility index (Phi) is 5.15. The van der Waals surface area contributed by atoms with Crippen LogP contribution in [0.5, 0.6) is 0 Å². The van der Waals surface area contributed by atoms with E-state index in [1.54, 1.807) is 0 Å². The Morgan fingerprint density at radius 3 is 2.62 bits per heavy atom. The molecule has 4 nitrogen and oxygen atoms in total. The molecule has 1 heterocycles. The highest BCUT2D eigenvalue weighted by atomic mass is 16.3. The molecule has 2 aromatic rings. The lowest BCUT2D eigenvalue weighted by Crippen LogP contribution is -2.19. The van der Waals surface area contributed by atoms with E-state index in [2.05, 4.69) is 48.9 Å². The minimum absolute atomic E-state index is 0.0882. The largest absolute Gasteiger partial charge is 0.392 e. The number of aryl methyl sites for hydroxylation is 2. The molecule has 2 rings (SSSR count). The number of aliphatic hydroxyl groups excluding tert-OH is 1. The monoisotopic (exact) mass is 287 g/mol. The second-order valence-electron chi connectivity index (χ2n) is 5.48. The van der Waals surface area contributed by atoms with Crippen molar-refractivity contribution >= 4 is 0 Å². The highest BCUT2D eigenvalue weighted by Gasteiger charge is 2.16. The Labute approximate surface area is 126 Å². The highest BCUT2D eigenvalue weighted by Crippen LogP contribution is 2.21. The van der Waals surface area contributed by atoms with Gasteiger partial charge in [-0.2, -0.15) is 5.10 Å². The predicted octanol–water partition coefficient (Wildman–Crippen LogP) is 2.86. The van der Waals surface area contributed by atoms with Gasteiger partial charge in [-0.25, -0.2) is 0 Å². The van der Waals surface area contributed by atoms with Crippen LogP contribution in [0, 0.1) is 13.8 Å². The Morgan fingerprint density at radius 1 is 1.29 bits per heavy atom. The molecule has 0 fully saturated rings. The number of hydrogen-bond donors (Lipinski definition) is 2. The summed E-state index contributed by atoms with van der Waals surface area (Å²) in [6.45, 7) is 10.3. The maximum absolute atomic E-state index is 9.19. The number of aromatic nitrogens is 2. The van der Waals surface area contributed by atoms with Crippen molar-refractivity contribution in [2.24, 2.45) is 0 Å². The molecule has 0 aliphatic carbocycles. The molecule has 2 N–H and O–H groups in total. The molecular formula is C17H25N3O. The van der Waals surface area contributed by atoms with Crippen molar-refractivity contribution in [3.05, 3.63) is 52.3 Å². The van der Waals surface area contributed by atoms with Crippen molar-refractivity contribution in [1.29, 1.82) is 0 Å². The molecule has 0 saturated carbocycles. The van der Waals surface area contributed by atoms with E-state index in [-0.39, 0.29) is 12.6 Å². The molecular weight excluding hydrogens is 262 g/mol. The average Bonchev–Trinajstić information content (AvgIpc) is 2.79. The SMILES string of the molecule is CCn1nc(C)c(C(C)NCc2cccc(CO)c2)c1C. The van der Waals surface area contributed by atoms with Crippen molar-refractivity contribution in [2.75, 3.05) is 0 Å². The molecule has 0 saturated heterocycles. The van der Waals surface area contributed by atoms with Crippen molar-refractivity contribution in [2.45, 2.75) is 53.4 Å². The van der Waals surface area contributed by atoms with Crippen LogP contribution in [0.2, 0.25) is 0 Å². The lowest BCUT2D eigenvalue weighted by molar-refractivity contribution is 0.281. The summed E-state index contributed by atoms with van der Waals surface area (Å²) in [7, 11) is 0. The average molecular weight is 287 g/mol. The molecule has 1 atom stereocenters. The number of aliphatic hydroxyl groups is 1. The van der Waals surface area contributed by atoms with Crippen molar-refractivity contribution in [3.8, 4) is 0 Å². The van der Waals surface area contributed by atoms with E-state index >= 15 is 0 Å². The van der Waals surface area contributed by atoms with E-state index in [1.165, 1.54) is 16.8 Å². The summed E-state index contributed by atoms with van der Waals surface area (Å²) >= 11 is 0. The standard InChI is InChI=1S/C17H25N3O/c1-5-20-14(4)17(13(3)19-20)12(2)18-10-15-7-6-8-16(9-15)11-21/h6-9,12,18,21H,5,10-11H2,1-4H3. The maximum atomic E-state index is 9.19. The summed E-state index contributed by atoms with van der Waals surface area (Å²) in [6.07, 6.45) is 0. The van der Waals surface area contributed by atoms with E-state index in [1.807, 2.05) is 18.2 Å². The minimum atomic E-state index is 0.0882. The number of nitrogens with zero attached hydrogens (tertiary/aromatic N) is 2. The van der Waals surface area contributed by atoms with Crippen LogP contribution in [0.25, 0.3) is 0 Å². The Hall–Kier alpha value is -1.65. The normalized spacial score (nSPS) is 12.6. The second kappa shape index (κ2) is 6.87. The van der Waals surface area contributed by atoms with Crippen LogP contribution in [0.1, 0.15) is 48.0 Å². The first-order chi connectivity index (χ1) is 10.1. The Balaban J connectivity index is 2.08. The molecule has 0 aliphatic heterocycles. The lowest BCUT2D eigenvalue weighted by Gasteiger charge is -2.15. The van der Waals surface area contributed by atoms with Gasteiger partial charge < -0.3 is 10.4 Å². The van der Waals surface area contributed by atoms with Crippen LogP contribution in [-0.4, -0.2) is 14.9 Å². The van der Waals surface area contributed by atoms with Gasteiger partial charge in [-0.3, -0.25) is 4.68 Å². The zero-order valence-electron chi connectivity index (χ0n) is 13.3. The van der Waals surface area contributed by atoms with Gasteiger partial charge in [0, 0.05) is 30.4 Å². The number of rotatable bonds is 6. The molecule has 114 valence electrons. The third-order valence-corrected chi connectivity index (χ3v) is 3.96. The van der Waals surface area contributed by atoms with Crippen molar-refractivity contribution in [3.63, 3.8) is 0 Å². The first-order valence-corrected chi connectivity index (χ1v) is 7.52. The van der Waals surface area contributed by atoms with Gasteiger partial charge in [0.25, 0.3) is 0 Å². The van der Waals surface area contributed by atoms with Gasteiger partial charge in [0.15, 0.2) is 0 Å². The summed E-state index contributed by atoms with van der Waals surface area (Å²) in [5, 5.41) is 17.3. The van der Waals surface area contributed by atoms with E-state index in [0.717, 1.165) is 24.3 Å². The fourth-order valence-electron chi connectivity index (χ4n) is 2.86. The maximum Gasteiger partial charge on any atom is 0.0681 e. The fourth-order valence-corrected chi connectivity index (χ4v) is 2.86. The summed E-state index contributed by atoms with van der Waals surface area (Å²) in [5.41, 5.74) is 5.76. The Bertz CT molecular complexity index is 604. The van der Waals surface area contributed by atoms with E-state index in [4.69, 9.17) is 0 Å². The third kappa shape index (κ3) is 3.52. The van der Waals surface area contributed by atoms with Crippen LogP contribution in [0.3, 0.4) is 0 Å². The molecule has 1 aromatic carbocycles. The van der Waals surface area contributed by atoms with Gasteiger partial charge in [-0.05, 0) is 38.8 Å². The molecule has 21 heavy (non-hydrogen) atoms. The molecule has 1 aromatic heterocycles. The lowest BCUT2D eigenvalue weighted by atomic mass is 10.1. The first kappa shape index (κ1) is 15.7.